The molecule has 8 heteroatoms. The molecule has 0 saturated heterocycles. The molecule has 0 aliphatic rings. The summed E-state index contributed by atoms with van der Waals surface area (Å²) in [4.78, 5) is 28.6. The van der Waals surface area contributed by atoms with Gasteiger partial charge in [0.1, 0.15) is 12.4 Å². The van der Waals surface area contributed by atoms with Crippen LogP contribution < -0.4 is 10.6 Å². The first kappa shape index (κ1) is 23.0. The number of alkyl carbamates (subject to hydrolysis) is 1. The number of rotatable bonds is 8. The lowest BCUT2D eigenvalue weighted by Crippen LogP contribution is -2.26. The molecule has 2 amide bonds. The second kappa shape index (κ2) is 10.6. The smallest absolute Gasteiger partial charge is 0.407 e. The average molecular weight is 436 g/mol. The van der Waals surface area contributed by atoms with E-state index in [1.54, 1.807) is 10.9 Å². The van der Waals surface area contributed by atoms with E-state index in [0.717, 1.165) is 11.3 Å². The summed E-state index contributed by atoms with van der Waals surface area (Å²) in [6, 6.07) is 16.9. The van der Waals surface area contributed by atoms with Crippen molar-refractivity contribution in [3.8, 4) is 5.82 Å². The summed E-state index contributed by atoms with van der Waals surface area (Å²) in [6.45, 7) is 6.74. The van der Waals surface area contributed by atoms with Gasteiger partial charge in [-0.3, -0.25) is 4.79 Å². The van der Waals surface area contributed by atoms with Crippen LogP contribution in [0.1, 0.15) is 44.9 Å². The molecule has 0 radical (unpaired) electrons. The van der Waals surface area contributed by atoms with Crippen molar-refractivity contribution in [1.29, 1.82) is 0 Å². The summed E-state index contributed by atoms with van der Waals surface area (Å²) < 4.78 is 6.80. The van der Waals surface area contributed by atoms with Gasteiger partial charge in [0.25, 0.3) is 0 Å². The van der Waals surface area contributed by atoms with E-state index in [-0.39, 0.29) is 24.3 Å². The number of amides is 2. The number of anilines is 1. The third-order valence-electron chi connectivity index (χ3n) is 4.67. The molecule has 3 aromatic rings. The van der Waals surface area contributed by atoms with Crippen molar-refractivity contribution in [2.45, 2.75) is 45.6 Å². The molecule has 2 aromatic heterocycles. The molecular formula is C24H29N5O3. The van der Waals surface area contributed by atoms with Crippen LogP contribution in [0.25, 0.3) is 5.82 Å². The minimum atomic E-state index is -0.502. The van der Waals surface area contributed by atoms with Crippen molar-refractivity contribution >= 4 is 17.8 Å². The Morgan fingerprint density at radius 1 is 1.06 bits per heavy atom. The van der Waals surface area contributed by atoms with E-state index in [0.29, 0.717) is 24.6 Å². The van der Waals surface area contributed by atoms with E-state index in [1.165, 1.54) is 0 Å². The summed E-state index contributed by atoms with van der Waals surface area (Å²) in [7, 11) is 0. The lowest BCUT2D eigenvalue weighted by Gasteiger charge is -2.13. The van der Waals surface area contributed by atoms with Crippen molar-refractivity contribution in [3.63, 3.8) is 0 Å². The first-order chi connectivity index (χ1) is 15.3. The number of ether oxygens (including phenoxy) is 1. The standard InChI is InChI=1S/C24H29N5O3/c1-24(2,3)19-16-21(29(28-19)20-12-7-8-14-25-20)27-22(30)13-9-15-26-23(31)32-17-18-10-5-4-6-11-18/h4-8,10-12,14,16H,9,13,15,17H2,1-3H3,(H,26,31)(H,27,30). The minimum absolute atomic E-state index is 0.165. The van der Waals surface area contributed by atoms with Gasteiger partial charge in [0.2, 0.25) is 5.91 Å². The number of benzene rings is 1. The molecule has 2 N–H and O–H groups in total. The average Bonchev–Trinajstić information content (AvgIpc) is 3.21. The Balaban J connectivity index is 1.49. The van der Waals surface area contributed by atoms with E-state index in [9.17, 15) is 9.59 Å². The van der Waals surface area contributed by atoms with Crippen molar-refractivity contribution in [2.75, 3.05) is 11.9 Å². The summed E-state index contributed by atoms with van der Waals surface area (Å²) in [5, 5.41) is 10.2. The highest BCUT2D eigenvalue weighted by molar-refractivity contribution is 5.90. The van der Waals surface area contributed by atoms with Crippen LogP contribution in [0.3, 0.4) is 0 Å². The summed E-state index contributed by atoms with van der Waals surface area (Å²) >= 11 is 0. The van der Waals surface area contributed by atoms with Crippen LogP contribution >= 0.6 is 0 Å². The predicted octanol–water partition coefficient (Wildman–Crippen LogP) is 4.21. The molecule has 0 bridgehead atoms. The number of nitrogens with one attached hydrogen (secondary N) is 2. The van der Waals surface area contributed by atoms with Crippen LogP contribution in [0.15, 0.2) is 60.8 Å². The van der Waals surface area contributed by atoms with Crippen LogP contribution in [0, 0.1) is 0 Å². The molecule has 0 spiro atoms. The molecule has 8 nitrogen and oxygen atoms in total. The number of nitrogens with zero attached hydrogens (tertiary/aromatic N) is 3. The largest absolute Gasteiger partial charge is 0.445 e. The van der Waals surface area contributed by atoms with E-state index in [2.05, 4.69) is 41.5 Å². The van der Waals surface area contributed by atoms with Crippen molar-refractivity contribution in [2.24, 2.45) is 0 Å². The zero-order valence-corrected chi connectivity index (χ0v) is 18.7. The molecule has 32 heavy (non-hydrogen) atoms. The van der Waals surface area contributed by atoms with Gasteiger partial charge < -0.3 is 15.4 Å². The van der Waals surface area contributed by atoms with E-state index in [4.69, 9.17) is 4.74 Å². The molecule has 0 aliphatic heterocycles. The molecule has 1 aromatic carbocycles. The van der Waals surface area contributed by atoms with Gasteiger partial charge in [0, 0.05) is 30.6 Å². The third-order valence-corrected chi connectivity index (χ3v) is 4.67. The zero-order valence-electron chi connectivity index (χ0n) is 18.7. The molecule has 0 unspecified atom stereocenters. The van der Waals surface area contributed by atoms with Crippen LogP contribution in [-0.4, -0.2) is 33.3 Å². The second-order valence-corrected chi connectivity index (χ2v) is 8.40. The first-order valence-corrected chi connectivity index (χ1v) is 10.6. The number of carbonyl (C=O) groups is 2. The highest BCUT2D eigenvalue weighted by Crippen LogP contribution is 2.25. The fraction of sp³-hybridized carbons (Fsp3) is 0.333. The van der Waals surface area contributed by atoms with Gasteiger partial charge in [0.05, 0.1) is 5.69 Å². The number of hydrogen-bond donors (Lipinski definition) is 2. The molecular weight excluding hydrogens is 406 g/mol. The summed E-state index contributed by atoms with van der Waals surface area (Å²) in [6.07, 6.45) is 1.91. The zero-order chi connectivity index (χ0) is 23.0. The highest BCUT2D eigenvalue weighted by Gasteiger charge is 2.21. The Hall–Kier alpha value is -3.68. The molecule has 168 valence electrons. The normalized spacial score (nSPS) is 11.1. The van der Waals surface area contributed by atoms with Gasteiger partial charge in [-0.1, -0.05) is 57.2 Å². The Bertz CT molecular complexity index is 1030. The Morgan fingerprint density at radius 3 is 2.50 bits per heavy atom. The maximum absolute atomic E-state index is 12.5. The Morgan fingerprint density at radius 2 is 1.81 bits per heavy atom. The number of aromatic nitrogens is 3. The predicted molar refractivity (Wildman–Crippen MR) is 123 cm³/mol. The van der Waals surface area contributed by atoms with Crippen LogP contribution in [-0.2, 0) is 21.6 Å². The molecule has 3 rings (SSSR count). The molecule has 0 aliphatic carbocycles. The van der Waals surface area contributed by atoms with Crippen LogP contribution in [0.2, 0.25) is 0 Å². The van der Waals surface area contributed by atoms with Gasteiger partial charge in [0.15, 0.2) is 5.82 Å². The summed E-state index contributed by atoms with van der Waals surface area (Å²) in [5.41, 5.74) is 1.59. The van der Waals surface area contributed by atoms with Crippen LogP contribution in [0.5, 0.6) is 0 Å². The fourth-order valence-corrected chi connectivity index (χ4v) is 2.91. The van der Waals surface area contributed by atoms with E-state index >= 15 is 0 Å². The number of hydrogen-bond acceptors (Lipinski definition) is 5. The monoisotopic (exact) mass is 435 g/mol. The summed E-state index contributed by atoms with van der Waals surface area (Å²) in [5.74, 6) is 1.02. The maximum atomic E-state index is 12.5. The van der Waals surface area contributed by atoms with E-state index < -0.39 is 6.09 Å². The van der Waals surface area contributed by atoms with Gasteiger partial charge >= 0.3 is 6.09 Å². The SMILES string of the molecule is CC(C)(C)c1cc(NC(=O)CCCNC(=O)OCc2ccccc2)n(-c2ccccn2)n1. The highest BCUT2D eigenvalue weighted by atomic mass is 16.5. The van der Waals surface area contributed by atoms with Gasteiger partial charge in [-0.25, -0.2) is 9.78 Å². The Labute approximate surface area is 188 Å². The van der Waals surface area contributed by atoms with Gasteiger partial charge in [-0.05, 0) is 24.1 Å². The number of pyridine rings is 1. The molecule has 2 heterocycles. The molecule has 0 saturated carbocycles. The lowest BCUT2D eigenvalue weighted by atomic mass is 9.92. The topological polar surface area (TPSA) is 98.1 Å². The Kier molecular flexibility index (Phi) is 7.59. The quantitative estimate of drug-likeness (QED) is 0.517. The lowest BCUT2D eigenvalue weighted by molar-refractivity contribution is -0.116. The van der Waals surface area contributed by atoms with Crippen molar-refractivity contribution in [3.05, 3.63) is 72.1 Å². The number of carbonyl (C=O) groups excluding carboxylic acids is 2. The molecule has 0 atom stereocenters. The maximum Gasteiger partial charge on any atom is 0.407 e. The molecule has 0 fully saturated rings. The van der Waals surface area contributed by atoms with Crippen molar-refractivity contribution < 1.29 is 14.3 Å². The fourth-order valence-electron chi connectivity index (χ4n) is 2.91. The van der Waals surface area contributed by atoms with E-state index in [1.807, 2.05) is 54.6 Å². The third kappa shape index (κ3) is 6.66. The minimum Gasteiger partial charge on any atom is -0.445 e. The van der Waals surface area contributed by atoms with Crippen LogP contribution in [0.4, 0.5) is 10.6 Å². The van der Waals surface area contributed by atoms with Gasteiger partial charge in [-0.2, -0.15) is 9.78 Å². The second-order valence-electron chi connectivity index (χ2n) is 8.40. The van der Waals surface area contributed by atoms with Gasteiger partial charge in [-0.15, -0.1) is 0 Å². The van der Waals surface area contributed by atoms with Crippen molar-refractivity contribution in [1.82, 2.24) is 20.1 Å². The first-order valence-electron chi connectivity index (χ1n) is 10.6.